The van der Waals surface area contributed by atoms with Crippen LogP contribution in [0, 0.1) is 18.3 Å². The monoisotopic (exact) mass is 426 g/mol. The molecule has 0 N–H and O–H groups in total. The minimum Gasteiger partial charge on any atom is -0.496 e. The number of hydrogen-bond donors (Lipinski definition) is 0. The number of fused-ring (bicyclic) bond motifs is 2. The molecule has 0 spiro atoms. The van der Waals surface area contributed by atoms with Crippen LogP contribution < -0.4 is 14.3 Å². The van der Waals surface area contributed by atoms with Gasteiger partial charge in [-0.2, -0.15) is 4.99 Å². The van der Waals surface area contributed by atoms with Gasteiger partial charge < -0.3 is 18.8 Å². The lowest BCUT2D eigenvalue weighted by Gasteiger charge is -2.33. The van der Waals surface area contributed by atoms with Crippen molar-refractivity contribution in [2.24, 2.45) is 10.9 Å². The van der Waals surface area contributed by atoms with Gasteiger partial charge >= 0.3 is 0 Å². The number of aromatic nitrogens is 1. The number of terminal acetylenes is 1. The van der Waals surface area contributed by atoms with Crippen LogP contribution in [0.2, 0.25) is 0 Å². The SMILES string of the molecule is C#CCn1c(=NC(=O)C2=COC3CCCCC3C2=O)sc2cc(OC)c(OC)cc21. The number of benzene rings is 1. The van der Waals surface area contributed by atoms with E-state index in [0.717, 1.165) is 35.9 Å². The average Bonchev–Trinajstić information content (AvgIpc) is 3.09. The van der Waals surface area contributed by atoms with Crippen LogP contribution in [0.4, 0.5) is 0 Å². The molecule has 1 fully saturated rings. The second-order valence-electron chi connectivity index (χ2n) is 7.23. The van der Waals surface area contributed by atoms with E-state index in [4.69, 9.17) is 20.6 Å². The highest BCUT2D eigenvalue weighted by atomic mass is 32.1. The highest BCUT2D eigenvalue weighted by Gasteiger charge is 2.39. The maximum atomic E-state index is 12.9. The summed E-state index contributed by atoms with van der Waals surface area (Å²) in [6.45, 7) is 0.218. The van der Waals surface area contributed by atoms with E-state index in [1.807, 2.05) is 6.07 Å². The quantitative estimate of drug-likeness (QED) is 0.555. The lowest BCUT2D eigenvalue weighted by Crippen LogP contribution is -2.38. The van der Waals surface area contributed by atoms with E-state index in [1.165, 1.54) is 17.6 Å². The maximum absolute atomic E-state index is 12.9. The molecule has 4 rings (SSSR count). The number of ether oxygens (including phenoxy) is 3. The summed E-state index contributed by atoms with van der Waals surface area (Å²) in [7, 11) is 3.11. The summed E-state index contributed by atoms with van der Waals surface area (Å²) in [5.74, 6) is 2.66. The highest BCUT2D eigenvalue weighted by molar-refractivity contribution is 7.16. The van der Waals surface area contributed by atoms with Gasteiger partial charge in [-0.3, -0.25) is 9.59 Å². The Morgan fingerprint density at radius 2 is 2.03 bits per heavy atom. The minimum atomic E-state index is -0.611. The van der Waals surface area contributed by atoms with E-state index < -0.39 is 5.91 Å². The Kier molecular flexibility index (Phi) is 5.64. The largest absolute Gasteiger partial charge is 0.496 e. The lowest BCUT2D eigenvalue weighted by molar-refractivity contribution is -0.130. The fraction of sp³-hybridized carbons (Fsp3) is 0.409. The first-order valence-electron chi connectivity index (χ1n) is 9.75. The molecule has 1 aromatic carbocycles. The first-order chi connectivity index (χ1) is 14.6. The lowest BCUT2D eigenvalue weighted by atomic mass is 9.80. The summed E-state index contributed by atoms with van der Waals surface area (Å²) < 4.78 is 19.0. The van der Waals surface area contributed by atoms with Gasteiger partial charge in [-0.05, 0) is 19.3 Å². The highest BCUT2D eigenvalue weighted by Crippen LogP contribution is 2.34. The van der Waals surface area contributed by atoms with Crippen LogP contribution in [0.15, 0.2) is 29.0 Å². The van der Waals surface area contributed by atoms with Crippen LogP contribution in [-0.2, 0) is 20.9 Å². The van der Waals surface area contributed by atoms with E-state index in [0.29, 0.717) is 16.3 Å². The van der Waals surface area contributed by atoms with Crippen molar-refractivity contribution in [3.8, 4) is 23.8 Å². The molecular formula is C22H22N2O5S. The second-order valence-corrected chi connectivity index (χ2v) is 8.24. The first kappa shape index (κ1) is 20.2. The van der Waals surface area contributed by atoms with Crippen molar-refractivity contribution in [3.05, 3.63) is 28.8 Å². The molecule has 0 saturated heterocycles. The van der Waals surface area contributed by atoms with Gasteiger partial charge in [-0.25, -0.2) is 0 Å². The average molecular weight is 426 g/mol. The minimum absolute atomic E-state index is 0.00183. The van der Waals surface area contributed by atoms with Crippen molar-refractivity contribution in [2.45, 2.75) is 38.3 Å². The molecule has 0 radical (unpaired) electrons. The predicted molar refractivity (Wildman–Crippen MR) is 112 cm³/mol. The molecule has 2 atom stereocenters. The third-order valence-electron chi connectivity index (χ3n) is 5.53. The van der Waals surface area contributed by atoms with Crippen LogP contribution in [0.3, 0.4) is 0 Å². The molecular weight excluding hydrogens is 404 g/mol. The van der Waals surface area contributed by atoms with Gasteiger partial charge in [0.05, 0.1) is 43.2 Å². The van der Waals surface area contributed by atoms with Crippen molar-refractivity contribution in [2.75, 3.05) is 14.2 Å². The zero-order chi connectivity index (χ0) is 21.3. The molecule has 0 bridgehead atoms. The zero-order valence-electron chi connectivity index (χ0n) is 16.8. The summed E-state index contributed by atoms with van der Waals surface area (Å²) in [5, 5.41) is 0. The molecule has 1 amide bonds. The number of Topliss-reactive ketones (excluding diaryl/α,β-unsaturated/α-hetero) is 1. The fourth-order valence-electron chi connectivity index (χ4n) is 4.00. The Balaban J connectivity index is 1.77. The molecule has 1 aliphatic carbocycles. The molecule has 1 aromatic heterocycles. The van der Waals surface area contributed by atoms with Gasteiger partial charge in [0.2, 0.25) is 0 Å². The number of hydrogen-bond acceptors (Lipinski definition) is 6. The number of ketones is 1. The second kappa shape index (κ2) is 8.36. The van der Waals surface area contributed by atoms with Crippen LogP contribution in [0.5, 0.6) is 11.5 Å². The predicted octanol–water partition coefficient (Wildman–Crippen LogP) is 2.82. The van der Waals surface area contributed by atoms with Gasteiger partial charge in [0.15, 0.2) is 22.1 Å². The smallest absolute Gasteiger partial charge is 0.286 e. The maximum Gasteiger partial charge on any atom is 0.286 e. The Hall–Kier alpha value is -3.05. The van der Waals surface area contributed by atoms with E-state index in [9.17, 15) is 9.59 Å². The molecule has 7 nitrogen and oxygen atoms in total. The van der Waals surface area contributed by atoms with Crippen LogP contribution in [0.25, 0.3) is 10.2 Å². The number of amides is 1. The Morgan fingerprint density at radius 3 is 2.77 bits per heavy atom. The Morgan fingerprint density at radius 1 is 1.30 bits per heavy atom. The van der Waals surface area contributed by atoms with Crippen molar-refractivity contribution in [3.63, 3.8) is 0 Å². The van der Waals surface area contributed by atoms with E-state index >= 15 is 0 Å². The van der Waals surface area contributed by atoms with Crippen LogP contribution in [0.1, 0.15) is 25.7 Å². The summed E-state index contributed by atoms with van der Waals surface area (Å²) >= 11 is 1.29. The molecule has 2 heterocycles. The van der Waals surface area contributed by atoms with Crippen molar-refractivity contribution >= 4 is 33.2 Å². The molecule has 2 aromatic rings. The van der Waals surface area contributed by atoms with Crippen LogP contribution in [-0.4, -0.2) is 36.6 Å². The molecule has 1 saturated carbocycles. The van der Waals surface area contributed by atoms with Gasteiger partial charge in [-0.15, -0.1) is 6.42 Å². The molecule has 2 unspecified atom stereocenters. The molecule has 30 heavy (non-hydrogen) atoms. The normalized spacial score (nSPS) is 21.4. The van der Waals surface area contributed by atoms with Gasteiger partial charge in [0.25, 0.3) is 5.91 Å². The topological polar surface area (TPSA) is 79.1 Å². The van der Waals surface area contributed by atoms with Crippen LogP contribution >= 0.6 is 11.3 Å². The Bertz CT molecular complexity index is 1150. The van der Waals surface area contributed by atoms with E-state index in [-0.39, 0.29) is 29.9 Å². The third-order valence-corrected chi connectivity index (χ3v) is 6.57. The van der Waals surface area contributed by atoms with E-state index in [1.54, 1.807) is 24.9 Å². The number of carbonyl (C=O) groups is 2. The molecule has 8 heteroatoms. The summed E-state index contributed by atoms with van der Waals surface area (Å²) in [6, 6.07) is 3.61. The number of thiazole rings is 1. The molecule has 2 aliphatic rings. The van der Waals surface area contributed by atoms with Crippen molar-refractivity contribution in [1.29, 1.82) is 0 Å². The number of methoxy groups -OCH3 is 2. The van der Waals surface area contributed by atoms with E-state index in [2.05, 4.69) is 10.9 Å². The van der Waals surface area contributed by atoms with Crippen molar-refractivity contribution in [1.82, 2.24) is 4.57 Å². The zero-order valence-corrected chi connectivity index (χ0v) is 17.7. The number of carbonyl (C=O) groups excluding carboxylic acids is 2. The summed E-state index contributed by atoms with van der Waals surface area (Å²) in [4.78, 5) is 30.4. The number of nitrogens with zero attached hydrogens (tertiary/aromatic N) is 2. The van der Waals surface area contributed by atoms with Gasteiger partial charge in [0, 0.05) is 12.1 Å². The molecule has 156 valence electrons. The molecule has 1 aliphatic heterocycles. The standard InChI is InChI=1S/C22H22N2O5S/c1-4-9-24-15-10-17(27-2)18(28-3)11-19(15)30-22(24)23-21(26)14-12-29-16-8-6-5-7-13(16)20(14)25/h1,10-13,16H,5-9H2,2-3H3. The van der Waals surface area contributed by atoms with Gasteiger partial charge in [-0.1, -0.05) is 23.7 Å². The Labute approximate surface area is 178 Å². The third kappa shape index (κ3) is 3.50. The summed E-state index contributed by atoms with van der Waals surface area (Å²) in [5.41, 5.74) is 0.771. The van der Waals surface area contributed by atoms with Crippen molar-refractivity contribution < 1.29 is 23.8 Å². The number of rotatable bonds is 4. The summed E-state index contributed by atoms with van der Waals surface area (Å²) in [6.07, 6.45) is 10.3. The first-order valence-corrected chi connectivity index (χ1v) is 10.6. The van der Waals surface area contributed by atoms with Gasteiger partial charge in [0.1, 0.15) is 11.7 Å². The fourth-order valence-corrected chi connectivity index (χ4v) is 5.04.